The van der Waals surface area contributed by atoms with Gasteiger partial charge in [-0.25, -0.2) is 4.68 Å². The van der Waals surface area contributed by atoms with Gasteiger partial charge in [-0.3, -0.25) is 9.79 Å². The number of carbonyl (C=O) groups excluding carboxylic acids is 1. The minimum Gasteiger partial charge on any atom is -0.393 e. The molecule has 30 heavy (non-hydrogen) atoms. The molecule has 1 heterocycles. The predicted molar refractivity (Wildman–Crippen MR) is 120 cm³/mol. The highest BCUT2D eigenvalue weighted by atomic mass is 16.1. The first kappa shape index (κ1) is 20.6. The molecule has 6 nitrogen and oxygen atoms in total. The molecule has 0 radical (unpaired) electrons. The summed E-state index contributed by atoms with van der Waals surface area (Å²) in [7, 11) is 1.79. The summed E-state index contributed by atoms with van der Waals surface area (Å²) in [5, 5.41) is 10.1. The molecular weight excluding hydrogens is 374 g/mol. The van der Waals surface area contributed by atoms with E-state index >= 15 is 0 Å². The molecule has 0 fully saturated rings. The molecule has 2 aromatic carbocycles. The fourth-order valence-electron chi connectivity index (χ4n) is 2.82. The summed E-state index contributed by atoms with van der Waals surface area (Å²) in [6.07, 6.45) is 5.90. The molecule has 0 unspecified atom stereocenters. The lowest BCUT2D eigenvalue weighted by molar-refractivity contribution is 0.0954. The standard InChI is InChI=1S/C24H23N5O/c1-25-18-22(26-2)13-15-27-24(30)21-11-12-23(29-16-6-14-28-29)20(17-21)10-9-19-7-4-3-5-8-19/h3-8,11-12,14,16-18,25H,2,13,15H2,1H3,(H,27,30)/b22-18-. The minimum atomic E-state index is -0.169. The molecule has 3 aromatic rings. The minimum absolute atomic E-state index is 0.169. The van der Waals surface area contributed by atoms with Crippen LogP contribution < -0.4 is 10.6 Å². The van der Waals surface area contributed by atoms with Gasteiger partial charge in [-0.15, -0.1) is 0 Å². The van der Waals surface area contributed by atoms with Crippen LogP contribution in [0.25, 0.3) is 5.69 Å². The molecule has 0 bridgehead atoms. The Morgan fingerprint density at radius 2 is 2.03 bits per heavy atom. The number of amides is 1. The van der Waals surface area contributed by atoms with E-state index in [4.69, 9.17) is 0 Å². The number of hydrogen-bond acceptors (Lipinski definition) is 4. The van der Waals surface area contributed by atoms with E-state index in [-0.39, 0.29) is 5.91 Å². The van der Waals surface area contributed by atoms with E-state index in [0.717, 1.165) is 22.5 Å². The first-order valence-electron chi connectivity index (χ1n) is 9.53. The summed E-state index contributed by atoms with van der Waals surface area (Å²) in [4.78, 5) is 16.6. The number of benzene rings is 2. The fraction of sp³-hybridized carbons (Fsp3) is 0.125. The van der Waals surface area contributed by atoms with Crippen molar-refractivity contribution in [3.05, 3.63) is 95.6 Å². The van der Waals surface area contributed by atoms with Crippen LogP contribution in [-0.4, -0.2) is 36.0 Å². The Labute approximate surface area is 176 Å². The maximum Gasteiger partial charge on any atom is 0.251 e. The van der Waals surface area contributed by atoms with Crippen molar-refractivity contribution in [3.8, 4) is 17.5 Å². The Bertz CT molecular complexity index is 1090. The van der Waals surface area contributed by atoms with E-state index in [9.17, 15) is 4.79 Å². The summed E-state index contributed by atoms with van der Waals surface area (Å²) < 4.78 is 1.74. The van der Waals surface area contributed by atoms with Crippen molar-refractivity contribution < 1.29 is 4.79 Å². The van der Waals surface area contributed by atoms with Crippen LogP contribution in [0.2, 0.25) is 0 Å². The van der Waals surface area contributed by atoms with Gasteiger partial charge in [0, 0.05) is 49.7 Å². The van der Waals surface area contributed by atoms with Gasteiger partial charge in [0.05, 0.1) is 16.9 Å². The molecule has 0 atom stereocenters. The fourth-order valence-corrected chi connectivity index (χ4v) is 2.82. The van der Waals surface area contributed by atoms with Crippen molar-refractivity contribution in [3.63, 3.8) is 0 Å². The van der Waals surface area contributed by atoms with E-state index in [0.29, 0.717) is 18.5 Å². The second-order valence-corrected chi connectivity index (χ2v) is 6.39. The highest BCUT2D eigenvalue weighted by Gasteiger charge is 2.10. The molecule has 0 aliphatic carbocycles. The molecule has 1 aromatic heterocycles. The molecule has 0 saturated heterocycles. The van der Waals surface area contributed by atoms with E-state index < -0.39 is 0 Å². The lowest BCUT2D eigenvalue weighted by Gasteiger charge is -2.09. The van der Waals surface area contributed by atoms with Crippen LogP contribution in [0.5, 0.6) is 0 Å². The summed E-state index contributed by atoms with van der Waals surface area (Å²) >= 11 is 0. The van der Waals surface area contributed by atoms with Crippen LogP contribution in [0, 0.1) is 11.8 Å². The first-order valence-corrected chi connectivity index (χ1v) is 9.53. The third-order valence-electron chi connectivity index (χ3n) is 4.31. The van der Waals surface area contributed by atoms with E-state index in [1.165, 1.54) is 0 Å². The van der Waals surface area contributed by atoms with Crippen molar-refractivity contribution in [2.75, 3.05) is 13.6 Å². The smallest absolute Gasteiger partial charge is 0.251 e. The Balaban J connectivity index is 1.83. The van der Waals surface area contributed by atoms with E-state index in [2.05, 4.69) is 39.3 Å². The average Bonchev–Trinajstić information content (AvgIpc) is 3.32. The van der Waals surface area contributed by atoms with Crippen molar-refractivity contribution in [1.29, 1.82) is 0 Å². The maximum absolute atomic E-state index is 12.6. The van der Waals surface area contributed by atoms with E-state index in [1.807, 2.05) is 48.7 Å². The zero-order valence-corrected chi connectivity index (χ0v) is 16.8. The van der Waals surface area contributed by atoms with E-state index in [1.54, 1.807) is 36.3 Å². The van der Waals surface area contributed by atoms with Gasteiger partial charge in [0.2, 0.25) is 0 Å². The highest BCUT2D eigenvalue weighted by molar-refractivity contribution is 5.95. The Kier molecular flexibility index (Phi) is 7.17. The third-order valence-corrected chi connectivity index (χ3v) is 4.31. The third kappa shape index (κ3) is 5.46. The Hall–Kier alpha value is -4.11. The number of aromatic nitrogens is 2. The second kappa shape index (κ2) is 10.4. The predicted octanol–water partition coefficient (Wildman–Crippen LogP) is 3.15. The largest absolute Gasteiger partial charge is 0.393 e. The van der Waals surface area contributed by atoms with Gasteiger partial charge in [0.25, 0.3) is 5.91 Å². The number of aliphatic imine (C=N–C) groups is 1. The van der Waals surface area contributed by atoms with Crippen LogP contribution in [0.15, 0.2) is 83.9 Å². The topological polar surface area (TPSA) is 71.3 Å². The number of nitrogens with one attached hydrogen (secondary N) is 2. The van der Waals surface area contributed by atoms with Crippen molar-refractivity contribution in [2.24, 2.45) is 4.99 Å². The average molecular weight is 397 g/mol. The number of rotatable bonds is 7. The summed E-state index contributed by atoms with van der Waals surface area (Å²) in [6, 6.07) is 17.0. The maximum atomic E-state index is 12.6. The van der Waals surface area contributed by atoms with Gasteiger partial charge in [-0.2, -0.15) is 5.10 Å². The molecule has 150 valence electrons. The van der Waals surface area contributed by atoms with Gasteiger partial charge >= 0.3 is 0 Å². The lowest BCUT2D eigenvalue weighted by Crippen LogP contribution is -2.25. The van der Waals surface area contributed by atoms with Gasteiger partial charge in [0.1, 0.15) is 0 Å². The number of nitrogens with zero attached hydrogens (tertiary/aromatic N) is 3. The highest BCUT2D eigenvalue weighted by Crippen LogP contribution is 2.16. The van der Waals surface area contributed by atoms with Crippen LogP contribution >= 0.6 is 0 Å². The van der Waals surface area contributed by atoms with Crippen LogP contribution in [0.1, 0.15) is 27.9 Å². The van der Waals surface area contributed by atoms with Gasteiger partial charge in [-0.05, 0) is 43.1 Å². The zero-order chi connectivity index (χ0) is 21.2. The number of hydrogen-bond donors (Lipinski definition) is 2. The number of carbonyl (C=O) groups is 1. The van der Waals surface area contributed by atoms with Crippen molar-refractivity contribution in [1.82, 2.24) is 20.4 Å². The molecule has 2 N–H and O–H groups in total. The monoisotopic (exact) mass is 397 g/mol. The molecule has 1 amide bonds. The van der Waals surface area contributed by atoms with Crippen LogP contribution in [0.3, 0.4) is 0 Å². The Morgan fingerprint density at radius 1 is 1.20 bits per heavy atom. The molecule has 0 aliphatic heterocycles. The van der Waals surface area contributed by atoms with Gasteiger partial charge < -0.3 is 10.6 Å². The quantitative estimate of drug-likeness (QED) is 0.475. The van der Waals surface area contributed by atoms with Gasteiger partial charge in [-0.1, -0.05) is 30.0 Å². The molecule has 0 spiro atoms. The summed E-state index contributed by atoms with van der Waals surface area (Å²) in [6.45, 7) is 3.99. The Morgan fingerprint density at radius 3 is 2.73 bits per heavy atom. The van der Waals surface area contributed by atoms with Crippen LogP contribution in [0.4, 0.5) is 0 Å². The first-order chi connectivity index (χ1) is 14.7. The summed E-state index contributed by atoms with van der Waals surface area (Å²) in [5.41, 5.74) is 3.75. The molecule has 3 rings (SSSR count). The second-order valence-electron chi connectivity index (χ2n) is 6.39. The molecule has 6 heteroatoms. The van der Waals surface area contributed by atoms with Crippen molar-refractivity contribution in [2.45, 2.75) is 6.42 Å². The van der Waals surface area contributed by atoms with Gasteiger partial charge in [0.15, 0.2) is 0 Å². The van der Waals surface area contributed by atoms with Crippen LogP contribution in [-0.2, 0) is 0 Å². The normalized spacial score (nSPS) is 10.6. The zero-order valence-electron chi connectivity index (χ0n) is 16.8. The summed E-state index contributed by atoms with van der Waals surface area (Å²) in [5.74, 6) is 6.17. The molecule has 0 aliphatic rings. The molecular formula is C24H23N5O. The lowest BCUT2D eigenvalue weighted by atomic mass is 10.1. The van der Waals surface area contributed by atoms with Crippen molar-refractivity contribution >= 4 is 12.6 Å². The molecule has 0 saturated carbocycles. The SMILES string of the molecule is C=N/C(=C\NC)CCNC(=O)c1ccc(-n2cccn2)c(C#Cc2ccccc2)c1.